The maximum Gasteiger partial charge on any atom is 0.00506 e. The van der Waals surface area contributed by atoms with Gasteiger partial charge in [0.1, 0.15) is 0 Å². The van der Waals surface area contributed by atoms with Crippen molar-refractivity contribution in [3.63, 3.8) is 0 Å². The molecule has 0 saturated carbocycles. The Kier molecular flexibility index (Phi) is 9.85. The first-order chi connectivity index (χ1) is 8.02. The van der Waals surface area contributed by atoms with E-state index in [-0.39, 0.29) is 0 Å². The second kappa shape index (κ2) is 9.90. The molecule has 0 aliphatic rings. The van der Waals surface area contributed by atoms with Crippen molar-refractivity contribution in [2.24, 2.45) is 5.41 Å². The van der Waals surface area contributed by atoms with Crippen molar-refractivity contribution >= 4 is 0 Å². The number of hydrogen-bond acceptors (Lipinski definition) is 2. The van der Waals surface area contributed by atoms with Crippen LogP contribution in [0.3, 0.4) is 0 Å². The van der Waals surface area contributed by atoms with Crippen LogP contribution in [0.4, 0.5) is 0 Å². The van der Waals surface area contributed by atoms with E-state index < -0.39 is 0 Å². The van der Waals surface area contributed by atoms with Crippen LogP contribution in [0.25, 0.3) is 0 Å². The Morgan fingerprint density at radius 2 is 1.82 bits per heavy atom. The van der Waals surface area contributed by atoms with Crippen molar-refractivity contribution in [1.29, 1.82) is 0 Å². The highest BCUT2D eigenvalue weighted by atomic mass is 14.9. The van der Waals surface area contributed by atoms with E-state index in [1.54, 1.807) is 0 Å². The molecule has 2 nitrogen and oxygen atoms in total. The molecular formula is C15H34N2. The van der Waals surface area contributed by atoms with Gasteiger partial charge in [-0.2, -0.15) is 0 Å². The van der Waals surface area contributed by atoms with Crippen LogP contribution in [0, 0.1) is 5.41 Å². The zero-order valence-corrected chi connectivity index (χ0v) is 12.7. The summed E-state index contributed by atoms with van der Waals surface area (Å²) in [4.78, 5) is 0. The molecule has 0 heterocycles. The number of nitrogens with one attached hydrogen (secondary N) is 2. The zero-order chi connectivity index (χ0) is 13.1. The third kappa shape index (κ3) is 10.8. The van der Waals surface area contributed by atoms with E-state index in [0.29, 0.717) is 11.5 Å². The van der Waals surface area contributed by atoms with Gasteiger partial charge < -0.3 is 10.6 Å². The van der Waals surface area contributed by atoms with Gasteiger partial charge in [-0.25, -0.2) is 0 Å². The quantitative estimate of drug-likeness (QED) is 0.541. The predicted molar refractivity (Wildman–Crippen MR) is 78.5 cm³/mol. The van der Waals surface area contributed by atoms with Crippen molar-refractivity contribution in [1.82, 2.24) is 10.6 Å². The van der Waals surface area contributed by atoms with Crippen molar-refractivity contribution < 1.29 is 0 Å². The van der Waals surface area contributed by atoms with Crippen molar-refractivity contribution in [3.8, 4) is 0 Å². The second-order valence-corrected chi connectivity index (χ2v) is 6.05. The van der Waals surface area contributed by atoms with Crippen LogP contribution in [0.15, 0.2) is 0 Å². The van der Waals surface area contributed by atoms with Crippen LogP contribution in [-0.2, 0) is 0 Å². The first-order valence-electron chi connectivity index (χ1n) is 7.46. The highest BCUT2D eigenvalue weighted by Crippen LogP contribution is 2.22. The molecule has 2 heteroatoms. The highest BCUT2D eigenvalue weighted by molar-refractivity contribution is 4.72. The van der Waals surface area contributed by atoms with Crippen LogP contribution in [-0.4, -0.2) is 25.7 Å². The van der Waals surface area contributed by atoms with Gasteiger partial charge in [0.2, 0.25) is 0 Å². The van der Waals surface area contributed by atoms with E-state index in [1.165, 1.54) is 32.1 Å². The number of unbranched alkanes of at least 4 members (excludes halogenated alkanes) is 2. The predicted octanol–water partition coefficient (Wildman–Crippen LogP) is 3.57. The van der Waals surface area contributed by atoms with Gasteiger partial charge in [-0.05, 0) is 38.3 Å². The SMILES string of the molecule is CCCCCC(C)(C)CNCCC(C)NCC. The van der Waals surface area contributed by atoms with E-state index in [0.717, 1.165) is 19.6 Å². The maximum absolute atomic E-state index is 3.60. The summed E-state index contributed by atoms with van der Waals surface area (Å²) in [5.74, 6) is 0. The molecule has 0 rings (SSSR count). The Hall–Kier alpha value is -0.0800. The summed E-state index contributed by atoms with van der Waals surface area (Å²) in [6.07, 6.45) is 6.64. The van der Waals surface area contributed by atoms with E-state index in [2.05, 4.69) is 45.3 Å². The standard InChI is InChI=1S/C15H34N2/c1-6-8-9-11-15(4,5)13-16-12-10-14(3)17-7-2/h14,16-17H,6-13H2,1-5H3. The minimum Gasteiger partial charge on any atom is -0.316 e. The molecule has 0 aliphatic heterocycles. The fraction of sp³-hybridized carbons (Fsp3) is 1.00. The molecule has 104 valence electrons. The van der Waals surface area contributed by atoms with Gasteiger partial charge in [-0.3, -0.25) is 0 Å². The molecule has 1 atom stereocenters. The van der Waals surface area contributed by atoms with Crippen molar-refractivity contribution in [3.05, 3.63) is 0 Å². The first-order valence-corrected chi connectivity index (χ1v) is 7.46. The van der Waals surface area contributed by atoms with Gasteiger partial charge in [-0.1, -0.05) is 47.0 Å². The van der Waals surface area contributed by atoms with Crippen LogP contribution in [0.2, 0.25) is 0 Å². The molecule has 0 spiro atoms. The van der Waals surface area contributed by atoms with E-state index in [1.807, 2.05) is 0 Å². The van der Waals surface area contributed by atoms with Crippen LogP contribution in [0.1, 0.15) is 66.7 Å². The molecule has 0 bridgehead atoms. The molecule has 1 unspecified atom stereocenters. The third-order valence-electron chi connectivity index (χ3n) is 3.37. The molecule has 0 radical (unpaired) electrons. The Labute approximate surface area is 109 Å². The average Bonchev–Trinajstić information content (AvgIpc) is 2.25. The van der Waals surface area contributed by atoms with Crippen LogP contribution >= 0.6 is 0 Å². The van der Waals surface area contributed by atoms with E-state index in [4.69, 9.17) is 0 Å². The Morgan fingerprint density at radius 3 is 2.41 bits per heavy atom. The monoisotopic (exact) mass is 242 g/mol. The lowest BCUT2D eigenvalue weighted by atomic mass is 9.87. The fourth-order valence-electron chi connectivity index (χ4n) is 2.14. The molecule has 0 amide bonds. The van der Waals surface area contributed by atoms with Crippen molar-refractivity contribution in [2.75, 3.05) is 19.6 Å². The molecule has 2 N–H and O–H groups in total. The summed E-state index contributed by atoms with van der Waals surface area (Å²) in [5, 5.41) is 7.05. The lowest BCUT2D eigenvalue weighted by Gasteiger charge is -2.25. The molecule has 0 aromatic heterocycles. The summed E-state index contributed by atoms with van der Waals surface area (Å²) in [6, 6.07) is 0.635. The van der Waals surface area contributed by atoms with Gasteiger partial charge in [0.15, 0.2) is 0 Å². The van der Waals surface area contributed by atoms with Crippen molar-refractivity contribution in [2.45, 2.75) is 72.8 Å². The summed E-state index contributed by atoms with van der Waals surface area (Å²) in [6.45, 7) is 14.8. The highest BCUT2D eigenvalue weighted by Gasteiger charge is 2.16. The van der Waals surface area contributed by atoms with Crippen LogP contribution in [0.5, 0.6) is 0 Å². The molecule has 0 aromatic carbocycles. The molecule has 17 heavy (non-hydrogen) atoms. The summed E-state index contributed by atoms with van der Waals surface area (Å²) in [7, 11) is 0. The average molecular weight is 242 g/mol. The second-order valence-electron chi connectivity index (χ2n) is 6.05. The lowest BCUT2D eigenvalue weighted by molar-refractivity contribution is 0.300. The number of rotatable bonds is 11. The van der Waals surface area contributed by atoms with Crippen LogP contribution < -0.4 is 10.6 Å². The zero-order valence-electron chi connectivity index (χ0n) is 12.7. The minimum absolute atomic E-state index is 0.455. The summed E-state index contributed by atoms with van der Waals surface area (Å²) in [5.41, 5.74) is 0.455. The van der Waals surface area contributed by atoms with Gasteiger partial charge in [-0.15, -0.1) is 0 Å². The van der Waals surface area contributed by atoms with E-state index >= 15 is 0 Å². The topological polar surface area (TPSA) is 24.1 Å². The third-order valence-corrected chi connectivity index (χ3v) is 3.37. The van der Waals surface area contributed by atoms with E-state index in [9.17, 15) is 0 Å². The maximum atomic E-state index is 3.60. The molecule has 0 saturated heterocycles. The normalized spacial score (nSPS) is 13.9. The first kappa shape index (κ1) is 16.9. The molecule has 0 aromatic rings. The Bertz CT molecular complexity index is 166. The fourth-order valence-corrected chi connectivity index (χ4v) is 2.14. The summed E-state index contributed by atoms with van der Waals surface area (Å²) >= 11 is 0. The van der Waals surface area contributed by atoms with Gasteiger partial charge >= 0.3 is 0 Å². The lowest BCUT2D eigenvalue weighted by Crippen LogP contribution is -2.34. The summed E-state index contributed by atoms with van der Waals surface area (Å²) < 4.78 is 0. The number of hydrogen-bond donors (Lipinski definition) is 2. The largest absolute Gasteiger partial charge is 0.316 e. The molecule has 0 aliphatic carbocycles. The minimum atomic E-state index is 0.455. The van der Waals surface area contributed by atoms with Gasteiger partial charge in [0.05, 0.1) is 0 Å². The van der Waals surface area contributed by atoms with Gasteiger partial charge in [0.25, 0.3) is 0 Å². The smallest absolute Gasteiger partial charge is 0.00506 e. The molecule has 0 fully saturated rings. The Balaban J connectivity index is 3.50. The molecular weight excluding hydrogens is 208 g/mol. The Morgan fingerprint density at radius 1 is 1.12 bits per heavy atom. The van der Waals surface area contributed by atoms with Gasteiger partial charge in [0, 0.05) is 12.6 Å².